The van der Waals surface area contributed by atoms with Crippen molar-refractivity contribution in [2.45, 2.75) is 33.2 Å². The van der Waals surface area contributed by atoms with Crippen LogP contribution in [0.15, 0.2) is 91.3 Å². The molecule has 3 aromatic heterocycles. The summed E-state index contributed by atoms with van der Waals surface area (Å²) in [5.41, 5.74) is 5.17. The molecule has 0 spiro atoms. The monoisotopic (exact) mass is 410 g/mol. The first-order chi connectivity index (χ1) is 15.2. The van der Waals surface area contributed by atoms with Crippen molar-refractivity contribution in [2.24, 2.45) is 0 Å². The van der Waals surface area contributed by atoms with Gasteiger partial charge in [-0.15, -0.1) is 0 Å². The molecule has 0 aliphatic carbocycles. The Kier molecular flexibility index (Phi) is 6.98. The first-order valence-electron chi connectivity index (χ1n) is 10.4. The number of benzene rings is 1. The van der Waals surface area contributed by atoms with Crippen molar-refractivity contribution in [3.05, 3.63) is 120 Å². The van der Waals surface area contributed by atoms with Crippen molar-refractivity contribution in [2.75, 3.05) is 0 Å². The summed E-state index contributed by atoms with van der Waals surface area (Å²) in [7, 11) is 0. The molecule has 0 amide bonds. The molecule has 0 atom stereocenters. The van der Waals surface area contributed by atoms with Crippen molar-refractivity contribution in [3.8, 4) is 5.75 Å². The third-order valence-electron chi connectivity index (χ3n) is 4.88. The molecule has 4 aromatic rings. The number of rotatable bonds is 9. The van der Waals surface area contributed by atoms with Crippen molar-refractivity contribution in [3.63, 3.8) is 0 Å². The largest absolute Gasteiger partial charge is 0.487 e. The summed E-state index contributed by atoms with van der Waals surface area (Å²) in [6.45, 7) is 4.66. The Hall–Kier alpha value is -3.57. The van der Waals surface area contributed by atoms with E-state index in [4.69, 9.17) is 9.72 Å². The Morgan fingerprint density at radius 1 is 0.645 bits per heavy atom. The van der Waals surface area contributed by atoms with Gasteiger partial charge in [-0.1, -0.05) is 35.9 Å². The number of hydrogen-bond acceptors (Lipinski definition) is 5. The lowest BCUT2D eigenvalue weighted by atomic mass is 10.2. The van der Waals surface area contributed by atoms with E-state index in [1.165, 1.54) is 5.56 Å². The minimum Gasteiger partial charge on any atom is -0.487 e. The van der Waals surface area contributed by atoms with Gasteiger partial charge in [0.05, 0.1) is 22.8 Å². The number of aromatic nitrogens is 3. The van der Waals surface area contributed by atoms with Crippen LogP contribution in [0.1, 0.15) is 28.3 Å². The summed E-state index contributed by atoms with van der Waals surface area (Å²) < 4.78 is 5.90. The number of ether oxygens (including phenoxy) is 1. The molecule has 0 saturated carbocycles. The van der Waals surface area contributed by atoms with Gasteiger partial charge in [0.15, 0.2) is 0 Å². The fraction of sp³-hybridized carbons (Fsp3) is 0.192. The van der Waals surface area contributed by atoms with Crippen molar-refractivity contribution < 1.29 is 4.74 Å². The summed E-state index contributed by atoms with van der Waals surface area (Å²) in [4.78, 5) is 16.1. The summed E-state index contributed by atoms with van der Waals surface area (Å²) in [5.74, 6) is 0.852. The lowest BCUT2D eigenvalue weighted by Gasteiger charge is -2.21. The van der Waals surface area contributed by atoms with Crippen LogP contribution in [0.3, 0.4) is 0 Å². The molecule has 5 nitrogen and oxygen atoms in total. The molecule has 31 heavy (non-hydrogen) atoms. The minimum atomic E-state index is 0.442. The van der Waals surface area contributed by atoms with Crippen molar-refractivity contribution in [1.29, 1.82) is 0 Å². The maximum Gasteiger partial charge on any atom is 0.130 e. The summed E-state index contributed by atoms with van der Waals surface area (Å²) >= 11 is 0. The molecule has 3 heterocycles. The zero-order valence-corrected chi connectivity index (χ0v) is 17.7. The van der Waals surface area contributed by atoms with Gasteiger partial charge in [0, 0.05) is 32.0 Å². The van der Waals surface area contributed by atoms with Crippen LogP contribution in [0, 0.1) is 6.92 Å². The molecule has 0 aliphatic heterocycles. The van der Waals surface area contributed by atoms with Gasteiger partial charge >= 0.3 is 0 Å². The topological polar surface area (TPSA) is 51.1 Å². The van der Waals surface area contributed by atoms with Crippen LogP contribution >= 0.6 is 0 Å². The van der Waals surface area contributed by atoms with E-state index in [0.29, 0.717) is 13.2 Å². The lowest BCUT2D eigenvalue weighted by Crippen LogP contribution is -2.24. The molecular weight excluding hydrogens is 384 g/mol. The predicted molar refractivity (Wildman–Crippen MR) is 121 cm³/mol. The third kappa shape index (κ3) is 6.46. The number of aryl methyl sites for hydroxylation is 1. The molecule has 0 unspecified atom stereocenters. The molecule has 1 aromatic carbocycles. The van der Waals surface area contributed by atoms with Gasteiger partial charge in [0.2, 0.25) is 0 Å². The first-order valence-corrected chi connectivity index (χ1v) is 10.4. The molecule has 0 fully saturated rings. The highest BCUT2D eigenvalue weighted by atomic mass is 16.5. The van der Waals surface area contributed by atoms with Gasteiger partial charge in [-0.25, -0.2) is 0 Å². The second-order valence-electron chi connectivity index (χ2n) is 7.51. The summed E-state index contributed by atoms with van der Waals surface area (Å²) in [5, 5.41) is 0. The van der Waals surface area contributed by atoms with Crippen LogP contribution in [0.5, 0.6) is 5.75 Å². The normalized spacial score (nSPS) is 10.9. The van der Waals surface area contributed by atoms with E-state index in [9.17, 15) is 0 Å². The number of hydrogen-bond donors (Lipinski definition) is 0. The molecule has 0 saturated heterocycles. The van der Waals surface area contributed by atoms with Crippen LogP contribution in [0.4, 0.5) is 0 Å². The van der Waals surface area contributed by atoms with Crippen LogP contribution in [-0.4, -0.2) is 19.9 Å². The van der Waals surface area contributed by atoms with Crippen molar-refractivity contribution in [1.82, 2.24) is 19.9 Å². The fourth-order valence-electron chi connectivity index (χ4n) is 3.33. The molecule has 0 bridgehead atoms. The van der Waals surface area contributed by atoms with Crippen LogP contribution in [-0.2, 0) is 26.2 Å². The van der Waals surface area contributed by atoms with Gasteiger partial charge in [-0.2, -0.15) is 0 Å². The van der Waals surface area contributed by atoms with E-state index in [0.717, 1.165) is 41.6 Å². The van der Waals surface area contributed by atoms with Crippen LogP contribution in [0.2, 0.25) is 0 Å². The SMILES string of the molecule is Cc1ccc(OCc2cccc(CN(Cc3ccccn3)Cc3ccccn3)n2)cc1. The highest BCUT2D eigenvalue weighted by Crippen LogP contribution is 2.15. The standard InChI is InChI=1S/C26H26N4O/c1-21-11-13-26(14-12-21)31-20-25-10-6-9-24(29-25)19-30(17-22-7-2-4-15-27-22)18-23-8-3-5-16-28-23/h2-16H,17-20H2,1H3. The Morgan fingerprint density at radius 2 is 1.23 bits per heavy atom. The Labute approximate surface area is 183 Å². The van der Waals surface area contributed by atoms with Gasteiger partial charge in [0.25, 0.3) is 0 Å². The quantitative estimate of drug-likeness (QED) is 0.390. The molecule has 156 valence electrons. The molecule has 0 aliphatic rings. The average Bonchev–Trinajstić information content (AvgIpc) is 2.80. The highest BCUT2D eigenvalue weighted by molar-refractivity contribution is 5.26. The average molecular weight is 411 g/mol. The van der Waals surface area contributed by atoms with Crippen molar-refractivity contribution >= 4 is 0 Å². The first kappa shape index (κ1) is 20.7. The molecular formula is C26H26N4O. The minimum absolute atomic E-state index is 0.442. The highest BCUT2D eigenvalue weighted by Gasteiger charge is 2.11. The smallest absolute Gasteiger partial charge is 0.130 e. The molecule has 0 radical (unpaired) electrons. The third-order valence-corrected chi connectivity index (χ3v) is 4.88. The molecule has 4 rings (SSSR count). The van der Waals surface area contributed by atoms with Gasteiger partial charge in [0.1, 0.15) is 12.4 Å². The molecule has 5 heteroatoms. The van der Waals surface area contributed by atoms with Gasteiger partial charge in [-0.3, -0.25) is 19.9 Å². The zero-order chi connectivity index (χ0) is 21.3. The number of nitrogens with zero attached hydrogens (tertiary/aromatic N) is 4. The van der Waals surface area contributed by atoms with E-state index < -0.39 is 0 Å². The Bertz CT molecular complexity index is 1030. The Morgan fingerprint density at radius 3 is 1.84 bits per heavy atom. The predicted octanol–water partition coefficient (Wildman–Crippen LogP) is 4.96. The van der Waals surface area contributed by atoms with E-state index in [-0.39, 0.29) is 0 Å². The van der Waals surface area contributed by atoms with E-state index in [1.54, 1.807) is 0 Å². The van der Waals surface area contributed by atoms with E-state index in [1.807, 2.05) is 85.2 Å². The molecule has 0 N–H and O–H groups in total. The summed E-state index contributed by atoms with van der Waals surface area (Å²) in [6.07, 6.45) is 3.66. The lowest BCUT2D eigenvalue weighted by molar-refractivity contribution is 0.237. The van der Waals surface area contributed by atoms with E-state index in [2.05, 4.69) is 27.9 Å². The maximum absolute atomic E-state index is 5.90. The Balaban J connectivity index is 1.45. The second kappa shape index (κ2) is 10.5. The van der Waals surface area contributed by atoms with Gasteiger partial charge in [-0.05, 0) is 55.5 Å². The second-order valence-corrected chi connectivity index (χ2v) is 7.51. The van der Waals surface area contributed by atoms with E-state index >= 15 is 0 Å². The van der Waals surface area contributed by atoms with Crippen LogP contribution in [0.25, 0.3) is 0 Å². The fourth-order valence-corrected chi connectivity index (χ4v) is 3.33. The summed E-state index contributed by atoms with van der Waals surface area (Å²) in [6, 6.07) is 26.2. The maximum atomic E-state index is 5.90. The zero-order valence-electron chi connectivity index (χ0n) is 17.7. The van der Waals surface area contributed by atoms with Gasteiger partial charge < -0.3 is 4.74 Å². The van der Waals surface area contributed by atoms with Crippen LogP contribution < -0.4 is 4.74 Å². The number of pyridine rings is 3.